The molecule has 0 amide bonds. The van der Waals surface area contributed by atoms with Gasteiger partial charge in [-0.2, -0.15) is 5.10 Å². The van der Waals surface area contributed by atoms with Crippen LogP contribution in [0.15, 0.2) is 30.6 Å². The summed E-state index contributed by atoms with van der Waals surface area (Å²) in [6, 6.07) is 5.66. The summed E-state index contributed by atoms with van der Waals surface area (Å²) in [7, 11) is 0. The van der Waals surface area contributed by atoms with Gasteiger partial charge in [0.25, 0.3) is 0 Å². The van der Waals surface area contributed by atoms with Gasteiger partial charge in [-0.05, 0) is 43.9 Å². The summed E-state index contributed by atoms with van der Waals surface area (Å²) in [5, 5.41) is 16.2. The van der Waals surface area contributed by atoms with Crippen LogP contribution in [-0.2, 0) is 4.79 Å². The van der Waals surface area contributed by atoms with Gasteiger partial charge in [0, 0.05) is 6.20 Å². The number of aromatic amines is 1. The number of hydrogen-bond donors (Lipinski definition) is 2. The van der Waals surface area contributed by atoms with E-state index in [1.807, 2.05) is 32.0 Å². The molecule has 0 aromatic carbocycles. The molecule has 0 saturated carbocycles. The molecule has 6 heteroatoms. The molecule has 0 saturated heterocycles. The Morgan fingerprint density at radius 1 is 1.20 bits per heavy atom. The molecule has 0 aliphatic carbocycles. The second kappa shape index (κ2) is 9.20. The first-order valence-electron chi connectivity index (χ1n) is 8.93. The number of unbranched alkanes of at least 4 members (excludes halogenated alkanes) is 2. The molecule has 2 rings (SSSR count). The van der Waals surface area contributed by atoms with Gasteiger partial charge in [-0.15, -0.1) is 0 Å². The van der Waals surface area contributed by atoms with Crippen molar-refractivity contribution in [2.75, 3.05) is 6.61 Å². The van der Waals surface area contributed by atoms with Crippen molar-refractivity contribution in [3.63, 3.8) is 0 Å². The van der Waals surface area contributed by atoms with Gasteiger partial charge < -0.3 is 9.84 Å². The van der Waals surface area contributed by atoms with Crippen molar-refractivity contribution < 1.29 is 14.6 Å². The van der Waals surface area contributed by atoms with E-state index in [2.05, 4.69) is 15.2 Å². The number of nitrogens with one attached hydrogen (secondary N) is 1. The van der Waals surface area contributed by atoms with Crippen LogP contribution in [0.1, 0.15) is 52.4 Å². The Morgan fingerprint density at radius 2 is 2.00 bits per heavy atom. The van der Waals surface area contributed by atoms with Crippen molar-refractivity contribution in [2.45, 2.75) is 52.4 Å². The second-order valence-electron chi connectivity index (χ2n) is 6.30. The number of aromatic nitrogens is 3. The van der Waals surface area contributed by atoms with E-state index in [-0.39, 0.29) is 0 Å². The fourth-order valence-electron chi connectivity index (χ4n) is 2.97. The van der Waals surface area contributed by atoms with Crippen molar-refractivity contribution in [2.24, 2.45) is 5.41 Å². The SMILES string of the molecule is CCC(CC)(CCCCCOc1ccc(-c2ccn[nH]2)nc1)C(=O)O. The third kappa shape index (κ3) is 5.05. The molecule has 0 aliphatic rings. The minimum absolute atomic E-state index is 0.562. The number of rotatable bonds is 11. The molecule has 2 heterocycles. The highest BCUT2D eigenvalue weighted by atomic mass is 16.5. The van der Waals surface area contributed by atoms with E-state index in [9.17, 15) is 9.90 Å². The molecule has 0 fully saturated rings. The van der Waals surface area contributed by atoms with Crippen molar-refractivity contribution in [3.05, 3.63) is 30.6 Å². The summed E-state index contributed by atoms with van der Waals surface area (Å²) in [6.45, 7) is 4.53. The van der Waals surface area contributed by atoms with Gasteiger partial charge in [0.05, 0.1) is 29.6 Å². The number of nitrogens with zero attached hydrogens (tertiary/aromatic N) is 2. The summed E-state index contributed by atoms with van der Waals surface area (Å²) in [4.78, 5) is 15.8. The van der Waals surface area contributed by atoms with Crippen LogP contribution in [0.25, 0.3) is 11.4 Å². The van der Waals surface area contributed by atoms with E-state index >= 15 is 0 Å². The number of pyridine rings is 1. The third-order valence-electron chi connectivity index (χ3n) is 4.89. The Labute approximate surface area is 148 Å². The lowest BCUT2D eigenvalue weighted by atomic mass is 9.78. The molecule has 0 spiro atoms. The monoisotopic (exact) mass is 345 g/mol. The van der Waals surface area contributed by atoms with Gasteiger partial charge in [0.1, 0.15) is 5.75 Å². The standard InChI is InChI=1S/C19H27N3O3/c1-3-19(4-2,18(23)24)11-6-5-7-13-25-15-8-9-16(20-14-15)17-10-12-21-22-17/h8-10,12,14H,3-7,11,13H2,1-2H3,(H,21,22)(H,23,24). The normalized spacial score (nSPS) is 11.4. The molecular weight excluding hydrogens is 318 g/mol. The molecule has 0 radical (unpaired) electrons. The summed E-state index contributed by atoms with van der Waals surface area (Å²) < 4.78 is 5.71. The number of hydrogen-bond acceptors (Lipinski definition) is 4. The average molecular weight is 345 g/mol. The molecule has 136 valence electrons. The molecular formula is C19H27N3O3. The molecule has 0 aliphatic heterocycles. The van der Waals surface area contributed by atoms with Gasteiger partial charge in [0.15, 0.2) is 0 Å². The Kier molecular flexibility index (Phi) is 6.98. The molecule has 6 nitrogen and oxygen atoms in total. The lowest BCUT2D eigenvalue weighted by molar-refractivity contribution is -0.150. The minimum Gasteiger partial charge on any atom is -0.492 e. The average Bonchev–Trinajstić information content (AvgIpc) is 3.16. The highest BCUT2D eigenvalue weighted by Crippen LogP contribution is 2.33. The molecule has 0 atom stereocenters. The first kappa shape index (κ1) is 19.0. The number of carboxylic acid groups (broad SMARTS) is 1. The lowest BCUT2D eigenvalue weighted by Gasteiger charge is -2.26. The van der Waals surface area contributed by atoms with Gasteiger partial charge in [0.2, 0.25) is 0 Å². The largest absolute Gasteiger partial charge is 0.492 e. The van der Waals surface area contributed by atoms with Crippen LogP contribution in [0.5, 0.6) is 5.75 Å². The van der Waals surface area contributed by atoms with Gasteiger partial charge in [-0.25, -0.2) is 0 Å². The highest BCUT2D eigenvalue weighted by Gasteiger charge is 2.33. The number of ether oxygens (including phenoxy) is 1. The zero-order valence-electron chi connectivity index (χ0n) is 15.0. The van der Waals surface area contributed by atoms with E-state index in [0.29, 0.717) is 19.4 Å². The van der Waals surface area contributed by atoms with Crippen molar-refractivity contribution in [1.82, 2.24) is 15.2 Å². The predicted octanol–water partition coefficient (Wildman–Crippen LogP) is 4.30. The van der Waals surface area contributed by atoms with E-state index in [1.54, 1.807) is 12.4 Å². The number of carboxylic acids is 1. The molecule has 2 N–H and O–H groups in total. The number of H-pyrrole nitrogens is 1. The molecule has 25 heavy (non-hydrogen) atoms. The van der Waals surface area contributed by atoms with Gasteiger partial charge in [-0.3, -0.25) is 14.9 Å². The smallest absolute Gasteiger partial charge is 0.309 e. The molecule has 2 aromatic heterocycles. The molecule has 0 bridgehead atoms. The Bertz CT molecular complexity index is 634. The third-order valence-corrected chi connectivity index (χ3v) is 4.89. The highest BCUT2D eigenvalue weighted by molar-refractivity contribution is 5.74. The van der Waals surface area contributed by atoms with Crippen molar-refractivity contribution in [3.8, 4) is 17.1 Å². The Hall–Kier alpha value is -2.37. The summed E-state index contributed by atoms with van der Waals surface area (Å²) >= 11 is 0. The van der Waals surface area contributed by atoms with E-state index in [0.717, 1.165) is 42.8 Å². The van der Waals surface area contributed by atoms with Gasteiger partial charge in [-0.1, -0.05) is 26.7 Å². The zero-order valence-corrected chi connectivity index (χ0v) is 15.0. The number of carbonyl (C=O) groups is 1. The molecule has 0 unspecified atom stereocenters. The summed E-state index contributed by atoms with van der Waals surface area (Å²) in [5.74, 6) is 0.0717. The maximum Gasteiger partial charge on any atom is 0.309 e. The van der Waals surface area contributed by atoms with Crippen LogP contribution < -0.4 is 4.74 Å². The molecule has 2 aromatic rings. The van der Waals surface area contributed by atoms with Gasteiger partial charge >= 0.3 is 5.97 Å². The maximum absolute atomic E-state index is 11.5. The minimum atomic E-state index is -0.669. The quantitative estimate of drug-likeness (QED) is 0.593. The first-order valence-corrected chi connectivity index (χ1v) is 8.93. The fraction of sp³-hybridized carbons (Fsp3) is 0.526. The maximum atomic E-state index is 11.5. The van der Waals surface area contributed by atoms with Crippen molar-refractivity contribution in [1.29, 1.82) is 0 Å². The first-order chi connectivity index (χ1) is 12.1. The second-order valence-corrected chi connectivity index (χ2v) is 6.30. The number of aliphatic carboxylic acids is 1. The Balaban J connectivity index is 1.68. The van der Waals surface area contributed by atoms with Crippen LogP contribution >= 0.6 is 0 Å². The van der Waals surface area contributed by atoms with Crippen LogP contribution in [0.3, 0.4) is 0 Å². The van der Waals surface area contributed by atoms with Crippen LogP contribution in [-0.4, -0.2) is 32.9 Å². The lowest BCUT2D eigenvalue weighted by Crippen LogP contribution is -2.29. The van der Waals surface area contributed by atoms with Crippen LogP contribution in [0, 0.1) is 5.41 Å². The zero-order chi connectivity index (χ0) is 18.1. The summed E-state index contributed by atoms with van der Waals surface area (Å²) in [6.07, 6.45) is 8.29. The van der Waals surface area contributed by atoms with E-state index in [1.165, 1.54) is 0 Å². The van der Waals surface area contributed by atoms with Crippen molar-refractivity contribution >= 4 is 5.97 Å². The topological polar surface area (TPSA) is 88.1 Å². The van der Waals surface area contributed by atoms with E-state index < -0.39 is 11.4 Å². The van der Waals surface area contributed by atoms with Crippen LogP contribution in [0.2, 0.25) is 0 Å². The summed E-state index contributed by atoms with van der Waals surface area (Å²) in [5.41, 5.74) is 1.14. The predicted molar refractivity (Wildman–Crippen MR) is 96.4 cm³/mol. The van der Waals surface area contributed by atoms with Crippen LogP contribution in [0.4, 0.5) is 0 Å². The Morgan fingerprint density at radius 3 is 2.56 bits per heavy atom. The van der Waals surface area contributed by atoms with E-state index in [4.69, 9.17) is 4.74 Å². The fourth-order valence-corrected chi connectivity index (χ4v) is 2.97.